The highest BCUT2D eigenvalue weighted by molar-refractivity contribution is 5.38. The van der Waals surface area contributed by atoms with E-state index >= 15 is 0 Å². The summed E-state index contributed by atoms with van der Waals surface area (Å²) in [6.07, 6.45) is -12.6. The minimum Gasteiger partial charge on any atom is -0.508 e. The predicted molar refractivity (Wildman–Crippen MR) is 73.7 cm³/mol. The van der Waals surface area contributed by atoms with Gasteiger partial charge in [-0.1, -0.05) is 24.3 Å². The van der Waals surface area contributed by atoms with Gasteiger partial charge in [-0.05, 0) is 41.8 Å². The van der Waals surface area contributed by atoms with Gasteiger partial charge >= 0.3 is 12.4 Å². The second-order valence-corrected chi connectivity index (χ2v) is 5.29. The normalized spacial score (nSPS) is 13.1. The molecular formula is C16H12F6O2. The van der Waals surface area contributed by atoms with E-state index in [1.165, 1.54) is 0 Å². The van der Waals surface area contributed by atoms with E-state index in [1.54, 1.807) is 0 Å². The van der Waals surface area contributed by atoms with Crippen molar-refractivity contribution in [1.29, 1.82) is 0 Å². The van der Waals surface area contributed by atoms with Crippen LogP contribution in [0.3, 0.4) is 0 Å². The molecule has 0 fully saturated rings. The lowest BCUT2D eigenvalue weighted by Crippen LogP contribution is -2.55. The summed E-state index contributed by atoms with van der Waals surface area (Å²) in [5.74, 6) is -0.713. The fourth-order valence-electron chi connectivity index (χ4n) is 2.46. The third kappa shape index (κ3) is 3.13. The Bertz CT molecular complexity index is 672. The summed E-state index contributed by atoms with van der Waals surface area (Å²) < 4.78 is 81.5. The fraction of sp³-hybridized carbons (Fsp3) is 0.250. The molecule has 0 atom stereocenters. The molecule has 0 radical (unpaired) electrons. The second kappa shape index (κ2) is 5.92. The minimum absolute atomic E-state index is 0.240. The van der Waals surface area contributed by atoms with Crippen LogP contribution in [0.5, 0.6) is 11.5 Å². The van der Waals surface area contributed by atoms with Crippen LogP contribution in [0.4, 0.5) is 26.3 Å². The minimum atomic E-state index is -5.62. The van der Waals surface area contributed by atoms with E-state index < -0.39 is 35.5 Å². The first kappa shape index (κ1) is 18.0. The van der Waals surface area contributed by atoms with Crippen molar-refractivity contribution in [2.45, 2.75) is 24.2 Å². The fourth-order valence-corrected chi connectivity index (χ4v) is 2.46. The summed E-state index contributed by atoms with van der Waals surface area (Å²) in [6.45, 7) is 0. The summed E-state index contributed by atoms with van der Waals surface area (Å²) >= 11 is 0. The highest BCUT2D eigenvalue weighted by atomic mass is 19.4. The Kier molecular flexibility index (Phi) is 4.43. The van der Waals surface area contributed by atoms with Crippen molar-refractivity contribution in [3.05, 3.63) is 59.7 Å². The van der Waals surface area contributed by atoms with Crippen LogP contribution in [-0.4, -0.2) is 22.6 Å². The van der Waals surface area contributed by atoms with E-state index in [0.717, 1.165) is 36.4 Å². The Balaban J connectivity index is 2.66. The Morgan fingerprint density at radius 1 is 0.625 bits per heavy atom. The summed E-state index contributed by atoms with van der Waals surface area (Å²) in [6, 6.07) is 6.81. The third-order valence-electron chi connectivity index (χ3n) is 3.73. The van der Waals surface area contributed by atoms with Crippen molar-refractivity contribution in [3.63, 3.8) is 0 Å². The van der Waals surface area contributed by atoms with Gasteiger partial charge in [0.15, 0.2) is 5.41 Å². The van der Waals surface area contributed by atoms with Gasteiger partial charge in [-0.25, -0.2) is 0 Å². The van der Waals surface area contributed by atoms with Gasteiger partial charge in [0.1, 0.15) is 11.5 Å². The summed E-state index contributed by atoms with van der Waals surface area (Å²) in [5.41, 5.74) is -5.39. The van der Waals surface area contributed by atoms with E-state index in [0.29, 0.717) is 12.1 Å². The molecule has 0 aromatic heterocycles. The molecule has 0 aliphatic heterocycles. The van der Waals surface area contributed by atoms with E-state index in [-0.39, 0.29) is 11.3 Å². The topological polar surface area (TPSA) is 40.5 Å². The molecular weight excluding hydrogens is 338 g/mol. The SMILES string of the molecule is Oc1ccc(CC(c2ccc(O)cc2)(C(F)(F)F)C(F)(F)F)cc1. The van der Waals surface area contributed by atoms with Crippen LogP contribution in [0.25, 0.3) is 0 Å². The molecule has 0 heterocycles. The monoisotopic (exact) mass is 350 g/mol. The largest absolute Gasteiger partial charge is 0.508 e. The maximum absolute atomic E-state index is 13.6. The number of phenols is 2. The molecule has 8 heteroatoms. The first-order valence-electron chi connectivity index (χ1n) is 6.68. The molecule has 2 nitrogen and oxygen atoms in total. The van der Waals surface area contributed by atoms with Gasteiger partial charge in [-0.3, -0.25) is 0 Å². The van der Waals surface area contributed by atoms with Crippen LogP contribution in [0, 0.1) is 0 Å². The number of hydrogen-bond donors (Lipinski definition) is 2. The Labute approximate surface area is 133 Å². The lowest BCUT2D eigenvalue weighted by molar-refractivity contribution is -0.303. The molecule has 0 amide bonds. The second-order valence-electron chi connectivity index (χ2n) is 5.29. The highest BCUT2D eigenvalue weighted by Crippen LogP contribution is 2.54. The summed E-state index contributed by atoms with van der Waals surface area (Å²) in [5, 5.41) is 18.3. The number of phenolic OH excluding ortho intramolecular Hbond substituents is 2. The van der Waals surface area contributed by atoms with Crippen molar-refractivity contribution >= 4 is 0 Å². The lowest BCUT2D eigenvalue weighted by Gasteiger charge is -2.38. The standard InChI is InChI=1S/C16H12F6O2/c17-15(18,19)14(16(20,21)22,11-3-7-13(24)8-4-11)9-10-1-5-12(23)6-2-10/h1-8,23-24H,9H2. The molecule has 2 aromatic carbocycles. The van der Waals surface area contributed by atoms with Crippen LogP contribution in [0.2, 0.25) is 0 Å². The molecule has 0 aliphatic carbocycles. The van der Waals surface area contributed by atoms with Gasteiger partial charge in [0.25, 0.3) is 0 Å². The van der Waals surface area contributed by atoms with Gasteiger partial charge in [0, 0.05) is 0 Å². The summed E-state index contributed by atoms with van der Waals surface area (Å²) in [4.78, 5) is 0. The Hall–Kier alpha value is -2.38. The van der Waals surface area contributed by atoms with Crippen molar-refractivity contribution in [3.8, 4) is 11.5 Å². The average Bonchev–Trinajstić information content (AvgIpc) is 2.45. The van der Waals surface area contributed by atoms with Crippen molar-refractivity contribution in [1.82, 2.24) is 0 Å². The van der Waals surface area contributed by atoms with Gasteiger partial charge in [0.2, 0.25) is 0 Å². The number of benzene rings is 2. The predicted octanol–water partition coefficient (Wildman–Crippen LogP) is 4.70. The van der Waals surface area contributed by atoms with Gasteiger partial charge in [-0.15, -0.1) is 0 Å². The van der Waals surface area contributed by atoms with Crippen molar-refractivity contribution in [2.24, 2.45) is 0 Å². The zero-order valence-corrected chi connectivity index (χ0v) is 12.0. The quantitative estimate of drug-likeness (QED) is 0.788. The molecule has 2 aromatic rings. The van der Waals surface area contributed by atoms with Gasteiger partial charge in [0.05, 0.1) is 0 Å². The maximum atomic E-state index is 13.6. The molecule has 0 unspecified atom stereocenters. The average molecular weight is 350 g/mol. The van der Waals surface area contributed by atoms with Crippen LogP contribution >= 0.6 is 0 Å². The maximum Gasteiger partial charge on any atom is 0.407 e. The van der Waals surface area contributed by atoms with Crippen LogP contribution in [-0.2, 0) is 11.8 Å². The number of rotatable bonds is 3. The van der Waals surface area contributed by atoms with Gasteiger partial charge in [-0.2, -0.15) is 26.3 Å². The first-order valence-corrected chi connectivity index (χ1v) is 6.68. The molecule has 2 N–H and O–H groups in total. The summed E-state index contributed by atoms with van der Waals surface area (Å²) in [7, 11) is 0. The van der Waals surface area contributed by atoms with Crippen molar-refractivity contribution in [2.75, 3.05) is 0 Å². The van der Waals surface area contributed by atoms with Crippen molar-refractivity contribution < 1.29 is 36.6 Å². The van der Waals surface area contributed by atoms with E-state index in [2.05, 4.69) is 0 Å². The molecule has 0 spiro atoms. The molecule has 0 bridgehead atoms. The zero-order valence-electron chi connectivity index (χ0n) is 12.0. The number of aromatic hydroxyl groups is 2. The molecule has 130 valence electrons. The van der Waals surface area contributed by atoms with Crippen LogP contribution in [0.15, 0.2) is 48.5 Å². The van der Waals surface area contributed by atoms with Gasteiger partial charge < -0.3 is 10.2 Å². The molecule has 24 heavy (non-hydrogen) atoms. The first-order chi connectivity index (χ1) is 11.0. The van der Waals surface area contributed by atoms with Crippen LogP contribution < -0.4 is 0 Å². The third-order valence-corrected chi connectivity index (χ3v) is 3.73. The number of hydrogen-bond acceptors (Lipinski definition) is 2. The highest BCUT2D eigenvalue weighted by Gasteiger charge is 2.71. The molecule has 0 saturated carbocycles. The molecule has 0 aliphatic rings. The lowest BCUT2D eigenvalue weighted by atomic mass is 9.74. The molecule has 0 saturated heterocycles. The van der Waals surface area contributed by atoms with E-state index in [4.69, 9.17) is 10.2 Å². The smallest absolute Gasteiger partial charge is 0.407 e. The van der Waals surface area contributed by atoms with E-state index in [9.17, 15) is 26.3 Å². The Morgan fingerprint density at radius 3 is 1.38 bits per heavy atom. The number of alkyl halides is 6. The zero-order chi connectivity index (χ0) is 18.2. The van der Waals surface area contributed by atoms with Crippen LogP contribution in [0.1, 0.15) is 11.1 Å². The molecule has 2 rings (SSSR count). The Morgan fingerprint density at radius 2 is 1.00 bits per heavy atom. The van der Waals surface area contributed by atoms with E-state index in [1.807, 2.05) is 0 Å². The number of halogens is 6.